The standard InChI is InChI=1S/C13H26N2O.ClH/c1-11(2)4-5-13(16)15-8-6-12(7-9-15)10-14-3;/h11-12,14H,4-10H2,1-3H3;1H. The van der Waals surface area contributed by atoms with Crippen molar-refractivity contribution in [2.75, 3.05) is 26.7 Å². The van der Waals surface area contributed by atoms with Gasteiger partial charge in [-0.25, -0.2) is 0 Å². The van der Waals surface area contributed by atoms with Crippen LogP contribution in [-0.4, -0.2) is 37.5 Å². The van der Waals surface area contributed by atoms with Crippen LogP contribution in [0.25, 0.3) is 0 Å². The Morgan fingerprint density at radius 3 is 2.41 bits per heavy atom. The van der Waals surface area contributed by atoms with Gasteiger partial charge in [-0.2, -0.15) is 0 Å². The Balaban J connectivity index is 0.00000256. The predicted octanol–water partition coefficient (Wildman–Crippen LogP) is 2.30. The molecule has 0 aromatic carbocycles. The monoisotopic (exact) mass is 262 g/mol. The Labute approximate surface area is 112 Å². The molecule has 1 heterocycles. The molecule has 0 unspecified atom stereocenters. The molecule has 0 spiro atoms. The summed E-state index contributed by atoms with van der Waals surface area (Å²) in [5, 5.41) is 3.22. The van der Waals surface area contributed by atoms with Gasteiger partial charge in [0.15, 0.2) is 0 Å². The minimum absolute atomic E-state index is 0. The highest BCUT2D eigenvalue weighted by Gasteiger charge is 2.21. The predicted molar refractivity (Wildman–Crippen MR) is 74.6 cm³/mol. The van der Waals surface area contributed by atoms with Gasteiger partial charge in [-0.3, -0.25) is 4.79 Å². The fraction of sp³-hybridized carbons (Fsp3) is 0.923. The highest BCUT2D eigenvalue weighted by Crippen LogP contribution is 2.17. The van der Waals surface area contributed by atoms with Crippen LogP contribution < -0.4 is 5.32 Å². The van der Waals surface area contributed by atoms with Crippen molar-refractivity contribution >= 4 is 18.3 Å². The van der Waals surface area contributed by atoms with Crippen LogP contribution in [0.2, 0.25) is 0 Å². The largest absolute Gasteiger partial charge is 0.343 e. The normalized spacial score (nSPS) is 17.1. The van der Waals surface area contributed by atoms with Gasteiger partial charge in [0.25, 0.3) is 0 Å². The van der Waals surface area contributed by atoms with Crippen LogP contribution in [0.4, 0.5) is 0 Å². The molecular formula is C13H27ClN2O. The smallest absolute Gasteiger partial charge is 0.222 e. The first-order valence-corrected chi connectivity index (χ1v) is 6.55. The van der Waals surface area contributed by atoms with Crippen LogP contribution in [0.3, 0.4) is 0 Å². The van der Waals surface area contributed by atoms with E-state index in [1.807, 2.05) is 7.05 Å². The quantitative estimate of drug-likeness (QED) is 0.825. The van der Waals surface area contributed by atoms with E-state index in [0.29, 0.717) is 11.8 Å². The molecule has 17 heavy (non-hydrogen) atoms. The lowest BCUT2D eigenvalue weighted by atomic mass is 9.96. The zero-order valence-corrected chi connectivity index (χ0v) is 12.2. The molecule has 1 aliphatic heterocycles. The highest BCUT2D eigenvalue weighted by atomic mass is 35.5. The van der Waals surface area contributed by atoms with Crippen molar-refractivity contribution in [2.24, 2.45) is 11.8 Å². The first-order valence-electron chi connectivity index (χ1n) is 6.55. The number of piperidine rings is 1. The van der Waals surface area contributed by atoms with Crippen LogP contribution in [0.1, 0.15) is 39.5 Å². The molecule has 0 aromatic heterocycles. The summed E-state index contributed by atoms with van der Waals surface area (Å²) in [7, 11) is 2.00. The number of halogens is 1. The molecule has 1 fully saturated rings. The number of hydrogen-bond donors (Lipinski definition) is 1. The molecule has 3 nitrogen and oxygen atoms in total. The van der Waals surface area contributed by atoms with E-state index in [-0.39, 0.29) is 12.4 Å². The summed E-state index contributed by atoms with van der Waals surface area (Å²) in [6.45, 7) is 7.36. The van der Waals surface area contributed by atoms with E-state index in [2.05, 4.69) is 24.1 Å². The van der Waals surface area contributed by atoms with Gasteiger partial charge in [0.2, 0.25) is 5.91 Å². The van der Waals surface area contributed by atoms with Gasteiger partial charge in [-0.1, -0.05) is 13.8 Å². The van der Waals surface area contributed by atoms with Gasteiger partial charge in [0.05, 0.1) is 0 Å². The summed E-state index contributed by atoms with van der Waals surface area (Å²) < 4.78 is 0. The second-order valence-electron chi connectivity index (χ2n) is 5.31. The molecule has 0 aliphatic carbocycles. The summed E-state index contributed by atoms with van der Waals surface area (Å²) in [4.78, 5) is 13.9. The highest BCUT2D eigenvalue weighted by molar-refractivity contribution is 5.85. The maximum absolute atomic E-state index is 11.9. The van der Waals surface area contributed by atoms with Gasteiger partial charge in [0.1, 0.15) is 0 Å². The van der Waals surface area contributed by atoms with Crippen molar-refractivity contribution in [3.05, 3.63) is 0 Å². The van der Waals surface area contributed by atoms with Crippen LogP contribution in [0.5, 0.6) is 0 Å². The number of likely N-dealkylation sites (tertiary alicyclic amines) is 1. The minimum Gasteiger partial charge on any atom is -0.343 e. The van der Waals surface area contributed by atoms with Gasteiger partial charge in [-0.15, -0.1) is 12.4 Å². The summed E-state index contributed by atoms with van der Waals surface area (Å²) in [6.07, 6.45) is 4.08. The summed E-state index contributed by atoms with van der Waals surface area (Å²) in [5.41, 5.74) is 0. The Hall–Kier alpha value is -0.280. The molecule has 4 heteroatoms. The van der Waals surface area contributed by atoms with Gasteiger partial charge >= 0.3 is 0 Å². The molecule has 0 atom stereocenters. The van der Waals surface area contributed by atoms with Crippen LogP contribution in [-0.2, 0) is 4.79 Å². The number of nitrogens with one attached hydrogen (secondary N) is 1. The Kier molecular flexibility index (Phi) is 8.61. The molecule has 0 aromatic rings. The number of carbonyl (C=O) groups is 1. The Bertz CT molecular complexity index is 213. The van der Waals surface area contributed by atoms with E-state index in [4.69, 9.17) is 0 Å². The summed E-state index contributed by atoms with van der Waals surface area (Å²) >= 11 is 0. The lowest BCUT2D eigenvalue weighted by Crippen LogP contribution is -2.40. The van der Waals surface area contributed by atoms with Crippen molar-refractivity contribution in [2.45, 2.75) is 39.5 Å². The molecule has 0 bridgehead atoms. The first-order chi connectivity index (χ1) is 7.63. The minimum atomic E-state index is 0. The van der Waals surface area contributed by atoms with Crippen LogP contribution in [0.15, 0.2) is 0 Å². The summed E-state index contributed by atoms with van der Waals surface area (Å²) in [6, 6.07) is 0. The molecule has 0 radical (unpaired) electrons. The lowest BCUT2D eigenvalue weighted by Gasteiger charge is -2.32. The average molecular weight is 263 g/mol. The SMILES string of the molecule is CNCC1CCN(C(=O)CCC(C)C)CC1.Cl. The van der Waals surface area contributed by atoms with Gasteiger partial charge in [0, 0.05) is 19.5 Å². The van der Waals surface area contributed by atoms with Crippen molar-refractivity contribution in [1.29, 1.82) is 0 Å². The average Bonchev–Trinajstić information content (AvgIpc) is 2.27. The van der Waals surface area contributed by atoms with Crippen molar-refractivity contribution in [3.8, 4) is 0 Å². The zero-order valence-electron chi connectivity index (χ0n) is 11.4. The number of nitrogens with zero attached hydrogens (tertiary/aromatic N) is 1. The fourth-order valence-electron chi connectivity index (χ4n) is 2.25. The number of amides is 1. The topological polar surface area (TPSA) is 32.3 Å². The molecule has 1 amide bonds. The Morgan fingerprint density at radius 1 is 1.35 bits per heavy atom. The van der Waals surface area contributed by atoms with Crippen molar-refractivity contribution < 1.29 is 4.79 Å². The van der Waals surface area contributed by atoms with Gasteiger partial charge in [-0.05, 0) is 44.7 Å². The van der Waals surface area contributed by atoms with E-state index in [1.165, 1.54) is 0 Å². The number of hydrogen-bond acceptors (Lipinski definition) is 2. The molecule has 1 rings (SSSR count). The third-order valence-electron chi connectivity index (χ3n) is 3.40. The maximum Gasteiger partial charge on any atom is 0.222 e. The molecule has 1 aliphatic rings. The van der Waals surface area contributed by atoms with Crippen LogP contribution in [0, 0.1) is 11.8 Å². The zero-order chi connectivity index (χ0) is 12.0. The second-order valence-corrected chi connectivity index (χ2v) is 5.31. The van der Waals surface area contributed by atoms with Crippen molar-refractivity contribution in [3.63, 3.8) is 0 Å². The molecule has 0 saturated carbocycles. The third-order valence-corrected chi connectivity index (χ3v) is 3.40. The maximum atomic E-state index is 11.9. The summed E-state index contributed by atoms with van der Waals surface area (Å²) in [5.74, 6) is 1.75. The second kappa shape index (κ2) is 8.76. The molecule has 1 saturated heterocycles. The first kappa shape index (κ1) is 16.7. The van der Waals surface area contributed by atoms with E-state index in [0.717, 1.165) is 51.2 Å². The van der Waals surface area contributed by atoms with E-state index >= 15 is 0 Å². The molecule has 1 N–H and O–H groups in total. The van der Waals surface area contributed by atoms with Crippen LogP contribution >= 0.6 is 12.4 Å². The number of carbonyl (C=O) groups excluding carboxylic acids is 1. The number of rotatable bonds is 5. The van der Waals surface area contributed by atoms with E-state index in [9.17, 15) is 4.79 Å². The van der Waals surface area contributed by atoms with E-state index in [1.54, 1.807) is 0 Å². The van der Waals surface area contributed by atoms with Crippen molar-refractivity contribution in [1.82, 2.24) is 10.2 Å². The molecular weight excluding hydrogens is 236 g/mol. The lowest BCUT2D eigenvalue weighted by molar-refractivity contribution is -0.132. The molecule has 102 valence electrons. The van der Waals surface area contributed by atoms with Gasteiger partial charge < -0.3 is 10.2 Å². The third kappa shape index (κ3) is 6.27. The van der Waals surface area contributed by atoms with E-state index < -0.39 is 0 Å². The fourth-order valence-corrected chi connectivity index (χ4v) is 2.25. The Morgan fingerprint density at radius 2 is 1.94 bits per heavy atom.